The second-order valence-corrected chi connectivity index (χ2v) is 6.26. The van der Waals surface area contributed by atoms with Gasteiger partial charge in [-0.05, 0) is 57.1 Å². The SMILES string of the molecule is CC(C)Oc1cncc(CCC(Br)C2CC2)c1. The van der Waals surface area contributed by atoms with Crippen molar-refractivity contribution < 1.29 is 4.74 Å². The van der Waals surface area contributed by atoms with Crippen molar-refractivity contribution in [2.45, 2.75) is 50.5 Å². The summed E-state index contributed by atoms with van der Waals surface area (Å²) in [6, 6.07) is 2.11. The molecule has 3 heteroatoms. The number of nitrogens with zero attached hydrogens (tertiary/aromatic N) is 1. The molecule has 1 saturated carbocycles. The van der Waals surface area contributed by atoms with Crippen molar-refractivity contribution in [3.63, 3.8) is 0 Å². The molecule has 0 radical (unpaired) electrons. The maximum Gasteiger partial charge on any atom is 0.138 e. The summed E-state index contributed by atoms with van der Waals surface area (Å²) in [6.07, 6.45) is 9.00. The van der Waals surface area contributed by atoms with Gasteiger partial charge in [0, 0.05) is 11.0 Å². The van der Waals surface area contributed by atoms with Crippen LogP contribution in [0.15, 0.2) is 18.5 Å². The van der Waals surface area contributed by atoms with Crippen LogP contribution < -0.4 is 4.74 Å². The quantitative estimate of drug-likeness (QED) is 0.741. The Morgan fingerprint density at radius 3 is 2.82 bits per heavy atom. The molecule has 1 atom stereocenters. The zero-order chi connectivity index (χ0) is 12.3. The molecular formula is C14H20BrNO. The van der Waals surface area contributed by atoms with E-state index >= 15 is 0 Å². The van der Waals surface area contributed by atoms with E-state index in [1.807, 2.05) is 20.0 Å². The predicted octanol–water partition coefficient (Wildman–Crippen LogP) is 3.97. The Kier molecular flexibility index (Phi) is 4.43. The molecule has 17 heavy (non-hydrogen) atoms. The third-order valence-corrected chi connectivity index (χ3v) is 4.19. The first-order valence-electron chi connectivity index (χ1n) is 6.40. The molecule has 1 aliphatic rings. The van der Waals surface area contributed by atoms with Crippen molar-refractivity contribution in [3.8, 4) is 5.75 Å². The van der Waals surface area contributed by atoms with Crippen LogP contribution in [0.2, 0.25) is 0 Å². The van der Waals surface area contributed by atoms with Gasteiger partial charge in [0.1, 0.15) is 5.75 Å². The Hall–Kier alpha value is -0.570. The third-order valence-electron chi connectivity index (χ3n) is 2.98. The minimum absolute atomic E-state index is 0.211. The van der Waals surface area contributed by atoms with Crippen LogP contribution in [0.3, 0.4) is 0 Å². The van der Waals surface area contributed by atoms with Crippen LogP contribution in [0, 0.1) is 5.92 Å². The summed E-state index contributed by atoms with van der Waals surface area (Å²) in [6.45, 7) is 4.07. The molecule has 1 aromatic rings. The number of aromatic nitrogens is 1. The molecule has 1 aliphatic carbocycles. The molecule has 0 bridgehead atoms. The fraction of sp³-hybridized carbons (Fsp3) is 0.643. The molecule has 1 aromatic heterocycles. The molecule has 1 fully saturated rings. The van der Waals surface area contributed by atoms with Gasteiger partial charge < -0.3 is 4.74 Å². The maximum absolute atomic E-state index is 5.65. The fourth-order valence-electron chi connectivity index (χ4n) is 1.94. The number of pyridine rings is 1. The van der Waals surface area contributed by atoms with Gasteiger partial charge in [-0.15, -0.1) is 0 Å². The molecule has 94 valence electrons. The van der Waals surface area contributed by atoms with Crippen LogP contribution in [-0.2, 0) is 6.42 Å². The molecule has 2 rings (SSSR count). The average molecular weight is 298 g/mol. The predicted molar refractivity (Wildman–Crippen MR) is 73.8 cm³/mol. The maximum atomic E-state index is 5.65. The molecule has 0 amide bonds. The topological polar surface area (TPSA) is 22.1 Å². The lowest BCUT2D eigenvalue weighted by Gasteiger charge is -2.11. The van der Waals surface area contributed by atoms with E-state index in [0.29, 0.717) is 4.83 Å². The summed E-state index contributed by atoms with van der Waals surface area (Å²) in [5.41, 5.74) is 1.27. The van der Waals surface area contributed by atoms with E-state index in [9.17, 15) is 0 Å². The first-order valence-corrected chi connectivity index (χ1v) is 7.31. The number of ether oxygens (including phenoxy) is 1. The highest BCUT2D eigenvalue weighted by atomic mass is 79.9. The van der Waals surface area contributed by atoms with Crippen molar-refractivity contribution in [3.05, 3.63) is 24.0 Å². The van der Waals surface area contributed by atoms with Crippen molar-refractivity contribution in [1.82, 2.24) is 4.98 Å². The fourth-order valence-corrected chi connectivity index (χ4v) is 2.69. The van der Waals surface area contributed by atoms with Crippen LogP contribution in [0.1, 0.15) is 38.7 Å². The number of alkyl halides is 1. The zero-order valence-electron chi connectivity index (χ0n) is 10.5. The number of halogens is 1. The Morgan fingerprint density at radius 1 is 1.41 bits per heavy atom. The van der Waals surface area contributed by atoms with Crippen LogP contribution in [0.4, 0.5) is 0 Å². The van der Waals surface area contributed by atoms with Crippen molar-refractivity contribution >= 4 is 15.9 Å². The van der Waals surface area contributed by atoms with Crippen LogP contribution in [0.5, 0.6) is 5.75 Å². The van der Waals surface area contributed by atoms with Crippen molar-refractivity contribution in [1.29, 1.82) is 0 Å². The Labute approximate surface area is 112 Å². The summed E-state index contributed by atoms with van der Waals surface area (Å²) >= 11 is 3.77. The summed E-state index contributed by atoms with van der Waals surface area (Å²) < 4.78 is 5.65. The minimum atomic E-state index is 0.211. The van der Waals surface area contributed by atoms with E-state index in [-0.39, 0.29) is 6.10 Å². The Bertz CT molecular complexity index is 363. The van der Waals surface area contributed by atoms with Gasteiger partial charge >= 0.3 is 0 Å². The lowest BCUT2D eigenvalue weighted by atomic mass is 10.1. The van der Waals surface area contributed by atoms with Gasteiger partial charge in [-0.1, -0.05) is 15.9 Å². The smallest absolute Gasteiger partial charge is 0.138 e. The molecule has 0 aliphatic heterocycles. The monoisotopic (exact) mass is 297 g/mol. The average Bonchev–Trinajstić information content (AvgIpc) is 3.09. The highest BCUT2D eigenvalue weighted by Crippen LogP contribution is 2.38. The van der Waals surface area contributed by atoms with E-state index < -0.39 is 0 Å². The minimum Gasteiger partial charge on any atom is -0.489 e. The van der Waals surface area contributed by atoms with Gasteiger partial charge in [0.25, 0.3) is 0 Å². The van der Waals surface area contributed by atoms with Gasteiger partial charge in [-0.25, -0.2) is 0 Å². The van der Waals surface area contributed by atoms with Crippen LogP contribution in [0.25, 0.3) is 0 Å². The molecule has 0 N–H and O–H groups in total. The molecule has 1 heterocycles. The van der Waals surface area contributed by atoms with E-state index in [0.717, 1.165) is 18.1 Å². The first kappa shape index (κ1) is 12.9. The normalized spacial score (nSPS) is 17.2. The largest absolute Gasteiger partial charge is 0.489 e. The van der Waals surface area contributed by atoms with Gasteiger partial charge in [-0.2, -0.15) is 0 Å². The van der Waals surface area contributed by atoms with Gasteiger partial charge in [0.2, 0.25) is 0 Å². The summed E-state index contributed by atoms with van der Waals surface area (Å²) in [4.78, 5) is 4.91. The number of hydrogen-bond donors (Lipinski definition) is 0. The molecular weight excluding hydrogens is 278 g/mol. The Balaban J connectivity index is 1.86. The highest BCUT2D eigenvalue weighted by Gasteiger charge is 2.28. The zero-order valence-corrected chi connectivity index (χ0v) is 12.1. The number of hydrogen-bond acceptors (Lipinski definition) is 2. The standard InChI is InChI=1S/C14H20BrNO/c1-10(2)17-13-7-11(8-16-9-13)3-6-14(15)12-4-5-12/h7-10,12,14H,3-6H2,1-2H3. The summed E-state index contributed by atoms with van der Waals surface area (Å²) in [5, 5.41) is 0. The second kappa shape index (κ2) is 5.85. The van der Waals surface area contributed by atoms with Gasteiger partial charge in [0.05, 0.1) is 12.3 Å². The third kappa shape index (κ3) is 4.30. The van der Waals surface area contributed by atoms with E-state index in [1.54, 1.807) is 6.20 Å². The summed E-state index contributed by atoms with van der Waals surface area (Å²) in [5.74, 6) is 1.80. The number of aryl methyl sites for hydroxylation is 1. The molecule has 0 spiro atoms. The molecule has 0 saturated heterocycles. The summed E-state index contributed by atoms with van der Waals surface area (Å²) in [7, 11) is 0. The lowest BCUT2D eigenvalue weighted by Crippen LogP contribution is -2.06. The van der Waals surface area contributed by atoms with Crippen LogP contribution >= 0.6 is 15.9 Å². The van der Waals surface area contributed by atoms with Crippen molar-refractivity contribution in [2.75, 3.05) is 0 Å². The van der Waals surface area contributed by atoms with Gasteiger partial charge in [-0.3, -0.25) is 4.98 Å². The second-order valence-electron chi connectivity index (χ2n) is 5.09. The highest BCUT2D eigenvalue weighted by molar-refractivity contribution is 9.09. The van der Waals surface area contributed by atoms with Gasteiger partial charge in [0.15, 0.2) is 0 Å². The first-order chi connectivity index (χ1) is 8.15. The van der Waals surface area contributed by atoms with E-state index in [1.165, 1.54) is 24.8 Å². The van der Waals surface area contributed by atoms with E-state index in [4.69, 9.17) is 4.74 Å². The number of rotatable bonds is 6. The molecule has 2 nitrogen and oxygen atoms in total. The molecule has 0 aromatic carbocycles. The van der Waals surface area contributed by atoms with Crippen LogP contribution in [-0.4, -0.2) is 15.9 Å². The lowest BCUT2D eigenvalue weighted by molar-refractivity contribution is 0.241. The molecule has 1 unspecified atom stereocenters. The van der Waals surface area contributed by atoms with Crippen molar-refractivity contribution in [2.24, 2.45) is 5.92 Å². The Morgan fingerprint density at radius 2 is 2.18 bits per heavy atom. The van der Waals surface area contributed by atoms with E-state index in [2.05, 4.69) is 27.0 Å².